The van der Waals surface area contributed by atoms with Crippen LogP contribution in [0.15, 0.2) is 18.2 Å². The first-order chi connectivity index (χ1) is 9.65. The minimum atomic E-state index is -0.0312. The standard InChI is InChI=1S/C15H22N2O3/c1-3-20-11-6-8-17(9-7-11)15(18)13-10-12(19-2)4-5-14(13)16/h4-5,10-11H,3,6-9,16H2,1-2H3. The lowest BCUT2D eigenvalue weighted by molar-refractivity contribution is 0.0146. The van der Waals surface area contributed by atoms with E-state index in [0.717, 1.165) is 19.4 Å². The molecule has 1 aliphatic heterocycles. The topological polar surface area (TPSA) is 64.8 Å². The molecule has 0 radical (unpaired) electrons. The molecule has 20 heavy (non-hydrogen) atoms. The van der Waals surface area contributed by atoms with E-state index >= 15 is 0 Å². The molecule has 1 aromatic rings. The second kappa shape index (κ2) is 6.61. The first kappa shape index (κ1) is 14.7. The molecular formula is C15H22N2O3. The second-order valence-electron chi connectivity index (χ2n) is 4.90. The van der Waals surface area contributed by atoms with Crippen molar-refractivity contribution in [3.8, 4) is 5.75 Å². The van der Waals surface area contributed by atoms with Gasteiger partial charge in [-0.05, 0) is 38.0 Å². The van der Waals surface area contributed by atoms with E-state index in [1.807, 2.05) is 11.8 Å². The number of hydrogen-bond acceptors (Lipinski definition) is 4. The normalized spacial score (nSPS) is 16.2. The van der Waals surface area contributed by atoms with Gasteiger partial charge in [0.15, 0.2) is 0 Å². The summed E-state index contributed by atoms with van der Waals surface area (Å²) in [6, 6.07) is 5.17. The summed E-state index contributed by atoms with van der Waals surface area (Å²) in [4.78, 5) is 14.3. The second-order valence-corrected chi connectivity index (χ2v) is 4.90. The summed E-state index contributed by atoms with van der Waals surface area (Å²) in [5.74, 6) is 0.614. The minimum Gasteiger partial charge on any atom is -0.497 e. The van der Waals surface area contributed by atoms with Crippen LogP contribution < -0.4 is 10.5 Å². The molecule has 2 rings (SSSR count). The molecule has 0 spiro atoms. The number of benzene rings is 1. The zero-order valence-corrected chi connectivity index (χ0v) is 12.1. The first-order valence-corrected chi connectivity index (χ1v) is 7.00. The van der Waals surface area contributed by atoms with E-state index in [4.69, 9.17) is 15.2 Å². The summed E-state index contributed by atoms with van der Waals surface area (Å²) in [7, 11) is 1.58. The predicted molar refractivity (Wildman–Crippen MR) is 78.0 cm³/mol. The smallest absolute Gasteiger partial charge is 0.256 e. The number of likely N-dealkylation sites (tertiary alicyclic amines) is 1. The summed E-state index contributed by atoms with van der Waals surface area (Å²) in [5.41, 5.74) is 6.90. The predicted octanol–water partition coefficient (Wildman–Crippen LogP) is 1.92. The molecule has 1 fully saturated rings. The van der Waals surface area contributed by atoms with Gasteiger partial charge in [0.1, 0.15) is 5.75 Å². The Labute approximate surface area is 119 Å². The number of rotatable bonds is 4. The van der Waals surface area contributed by atoms with Gasteiger partial charge < -0.3 is 20.1 Å². The van der Waals surface area contributed by atoms with E-state index in [0.29, 0.717) is 30.1 Å². The Morgan fingerprint density at radius 3 is 2.70 bits per heavy atom. The van der Waals surface area contributed by atoms with Crippen molar-refractivity contribution in [2.75, 3.05) is 32.5 Å². The summed E-state index contributed by atoms with van der Waals surface area (Å²) >= 11 is 0. The highest BCUT2D eigenvalue weighted by molar-refractivity contribution is 5.99. The van der Waals surface area contributed by atoms with Gasteiger partial charge in [-0.2, -0.15) is 0 Å². The lowest BCUT2D eigenvalue weighted by atomic mass is 10.1. The molecule has 2 N–H and O–H groups in total. The molecule has 5 heteroatoms. The van der Waals surface area contributed by atoms with Crippen molar-refractivity contribution in [2.45, 2.75) is 25.9 Å². The molecule has 1 heterocycles. The van der Waals surface area contributed by atoms with Crippen molar-refractivity contribution < 1.29 is 14.3 Å². The Hall–Kier alpha value is -1.75. The van der Waals surface area contributed by atoms with Crippen molar-refractivity contribution in [3.63, 3.8) is 0 Å². The van der Waals surface area contributed by atoms with Gasteiger partial charge in [-0.3, -0.25) is 4.79 Å². The van der Waals surface area contributed by atoms with Crippen LogP contribution in [0.4, 0.5) is 5.69 Å². The maximum Gasteiger partial charge on any atom is 0.256 e. The lowest BCUT2D eigenvalue weighted by Gasteiger charge is -2.32. The average molecular weight is 278 g/mol. The molecule has 0 unspecified atom stereocenters. The highest BCUT2D eigenvalue weighted by Crippen LogP contribution is 2.23. The molecule has 0 aliphatic carbocycles. The fourth-order valence-corrected chi connectivity index (χ4v) is 2.48. The van der Waals surface area contributed by atoms with Crippen LogP contribution >= 0.6 is 0 Å². The van der Waals surface area contributed by atoms with Crippen molar-refractivity contribution in [3.05, 3.63) is 23.8 Å². The highest BCUT2D eigenvalue weighted by Gasteiger charge is 2.25. The van der Waals surface area contributed by atoms with E-state index in [1.54, 1.807) is 25.3 Å². The molecule has 1 aliphatic rings. The number of carbonyl (C=O) groups is 1. The van der Waals surface area contributed by atoms with Gasteiger partial charge >= 0.3 is 0 Å². The van der Waals surface area contributed by atoms with Crippen molar-refractivity contribution in [2.24, 2.45) is 0 Å². The quantitative estimate of drug-likeness (QED) is 0.855. The van der Waals surface area contributed by atoms with E-state index in [1.165, 1.54) is 0 Å². The van der Waals surface area contributed by atoms with Gasteiger partial charge in [0.25, 0.3) is 5.91 Å². The molecule has 0 saturated carbocycles. The summed E-state index contributed by atoms with van der Waals surface area (Å²) in [6.45, 7) is 4.14. The van der Waals surface area contributed by atoms with Crippen molar-refractivity contribution >= 4 is 11.6 Å². The van der Waals surface area contributed by atoms with Gasteiger partial charge in [-0.25, -0.2) is 0 Å². The van der Waals surface area contributed by atoms with Crippen LogP contribution in [0.2, 0.25) is 0 Å². The third kappa shape index (κ3) is 3.22. The van der Waals surface area contributed by atoms with E-state index < -0.39 is 0 Å². The minimum absolute atomic E-state index is 0.0312. The van der Waals surface area contributed by atoms with E-state index in [9.17, 15) is 4.79 Å². The van der Waals surface area contributed by atoms with Crippen LogP contribution in [0.25, 0.3) is 0 Å². The Morgan fingerprint density at radius 2 is 2.10 bits per heavy atom. The average Bonchev–Trinajstić information content (AvgIpc) is 2.48. The highest BCUT2D eigenvalue weighted by atomic mass is 16.5. The van der Waals surface area contributed by atoms with Crippen LogP contribution in [0.1, 0.15) is 30.1 Å². The van der Waals surface area contributed by atoms with Crippen LogP contribution in [0, 0.1) is 0 Å². The number of ether oxygens (including phenoxy) is 2. The number of nitrogens with two attached hydrogens (primary N) is 1. The molecule has 1 saturated heterocycles. The molecule has 1 amide bonds. The van der Waals surface area contributed by atoms with Crippen LogP contribution in [-0.4, -0.2) is 43.7 Å². The number of amides is 1. The van der Waals surface area contributed by atoms with Gasteiger partial charge in [-0.15, -0.1) is 0 Å². The number of carbonyl (C=O) groups excluding carboxylic acids is 1. The number of nitrogen functional groups attached to an aromatic ring is 1. The number of nitrogens with zero attached hydrogens (tertiary/aromatic N) is 1. The molecule has 5 nitrogen and oxygen atoms in total. The molecule has 0 atom stereocenters. The maximum atomic E-state index is 12.5. The monoisotopic (exact) mass is 278 g/mol. The van der Waals surface area contributed by atoms with Gasteiger partial charge in [0.05, 0.1) is 18.8 Å². The number of anilines is 1. The third-order valence-corrected chi connectivity index (χ3v) is 3.62. The lowest BCUT2D eigenvalue weighted by Crippen LogP contribution is -2.41. The zero-order chi connectivity index (χ0) is 14.5. The summed E-state index contributed by atoms with van der Waals surface area (Å²) in [6.07, 6.45) is 2.03. The molecule has 1 aromatic carbocycles. The zero-order valence-electron chi connectivity index (χ0n) is 12.1. The van der Waals surface area contributed by atoms with E-state index in [2.05, 4.69) is 0 Å². The number of piperidine rings is 1. The van der Waals surface area contributed by atoms with Gasteiger partial charge in [0.2, 0.25) is 0 Å². The third-order valence-electron chi connectivity index (χ3n) is 3.62. The maximum absolute atomic E-state index is 12.5. The number of methoxy groups -OCH3 is 1. The molecule has 110 valence electrons. The van der Waals surface area contributed by atoms with Crippen molar-refractivity contribution in [1.29, 1.82) is 0 Å². The Bertz CT molecular complexity index is 468. The number of hydrogen-bond donors (Lipinski definition) is 1. The summed E-state index contributed by atoms with van der Waals surface area (Å²) < 4.78 is 10.7. The van der Waals surface area contributed by atoms with Crippen LogP contribution in [0.5, 0.6) is 5.75 Å². The largest absolute Gasteiger partial charge is 0.497 e. The fourth-order valence-electron chi connectivity index (χ4n) is 2.48. The van der Waals surface area contributed by atoms with Crippen LogP contribution in [0.3, 0.4) is 0 Å². The Morgan fingerprint density at radius 1 is 1.40 bits per heavy atom. The Kier molecular flexibility index (Phi) is 4.84. The van der Waals surface area contributed by atoms with Gasteiger partial charge in [-0.1, -0.05) is 0 Å². The first-order valence-electron chi connectivity index (χ1n) is 7.00. The SMILES string of the molecule is CCOC1CCN(C(=O)c2cc(OC)ccc2N)CC1. The molecule has 0 aromatic heterocycles. The van der Waals surface area contributed by atoms with Gasteiger partial charge in [0, 0.05) is 25.4 Å². The Balaban J connectivity index is 2.05. The van der Waals surface area contributed by atoms with E-state index in [-0.39, 0.29) is 12.0 Å². The van der Waals surface area contributed by atoms with Crippen LogP contribution in [-0.2, 0) is 4.74 Å². The molecular weight excluding hydrogens is 256 g/mol. The summed E-state index contributed by atoms with van der Waals surface area (Å²) in [5, 5.41) is 0. The molecule has 0 bridgehead atoms. The van der Waals surface area contributed by atoms with Crippen molar-refractivity contribution in [1.82, 2.24) is 4.90 Å². The fraction of sp³-hybridized carbons (Fsp3) is 0.533.